The largest absolute Gasteiger partial charge is 0.296 e. The van der Waals surface area contributed by atoms with Crippen LogP contribution in [0, 0.1) is 5.92 Å². The second-order valence-electron chi connectivity index (χ2n) is 2.79. The van der Waals surface area contributed by atoms with E-state index >= 15 is 0 Å². The molecule has 0 saturated heterocycles. The van der Waals surface area contributed by atoms with Gasteiger partial charge in [0, 0.05) is 0 Å². The lowest BCUT2D eigenvalue weighted by Gasteiger charge is -2.23. The molecule has 0 aromatic rings. The van der Waals surface area contributed by atoms with E-state index in [1.54, 1.807) is 6.92 Å². The van der Waals surface area contributed by atoms with Crippen LogP contribution in [0.2, 0.25) is 0 Å². The summed E-state index contributed by atoms with van der Waals surface area (Å²) in [7, 11) is 0. The molecule has 0 aromatic carbocycles. The van der Waals surface area contributed by atoms with Crippen molar-refractivity contribution in [2.75, 3.05) is 5.88 Å². The minimum absolute atomic E-state index is 0.00181. The molecular formula is C7H12Cl2O. The Balaban J connectivity index is 4.24. The Morgan fingerprint density at radius 2 is 2.00 bits per heavy atom. The number of hydrogen-bond acceptors (Lipinski definition) is 1. The Morgan fingerprint density at radius 1 is 1.60 bits per heavy atom. The number of ketones is 1. The summed E-state index contributed by atoms with van der Waals surface area (Å²) in [5.41, 5.74) is 0. The van der Waals surface area contributed by atoms with Gasteiger partial charge in [0.25, 0.3) is 0 Å². The van der Waals surface area contributed by atoms with Crippen LogP contribution in [0.4, 0.5) is 0 Å². The van der Waals surface area contributed by atoms with Crippen LogP contribution in [0.5, 0.6) is 0 Å². The SMILES string of the molecule is CC(C)C(C)(Cl)C(=O)CCl. The first-order valence-corrected chi connectivity index (χ1v) is 4.12. The molecule has 10 heavy (non-hydrogen) atoms. The monoisotopic (exact) mass is 182 g/mol. The van der Waals surface area contributed by atoms with Gasteiger partial charge in [0.15, 0.2) is 5.78 Å². The Bertz CT molecular complexity index is 130. The normalized spacial score (nSPS) is 17.0. The molecule has 0 amide bonds. The summed E-state index contributed by atoms with van der Waals surface area (Å²) in [4.78, 5) is 10.2. The summed E-state index contributed by atoms with van der Waals surface area (Å²) >= 11 is 11.2. The minimum atomic E-state index is -0.790. The molecule has 0 heterocycles. The molecule has 0 bridgehead atoms. The highest BCUT2D eigenvalue weighted by Gasteiger charge is 2.32. The van der Waals surface area contributed by atoms with Gasteiger partial charge in [0.05, 0.1) is 5.88 Å². The average molecular weight is 183 g/mol. The molecule has 0 saturated carbocycles. The molecule has 1 unspecified atom stereocenters. The fourth-order valence-electron chi connectivity index (χ4n) is 0.453. The van der Waals surface area contributed by atoms with Crippen LogP contribution in [0.25, 0.3) is 0 Å². The molecule has 0 aromatic heterocycles. The van der Waals surface area contributed by atoms with Gasteiger partial charge in [0.1, 0.15) is 4.87 Å². The smallest absolute Gasteiger partial charge is 0.168 e. The molecule has 60 valence electrons. The van der Waals surface area contributed by atoms with Gasteiger partial charge in [-0.3, -0.25) is 4.79 Å². The highest BCUT2D eigenvalue weighted by atomic mass is 35.5. The van der Waals surface area contributed by atoms with Crippen molar-refractivity contribution >= 4 is 29.0 Å². The van der Waals surface area contributed by atoms with E-state index < -0.39 is 4.87 Å². The van der Waals surface area contributed by atoms with E-state index in [1.807, 2.05) is 13.8 Å². The number of rotatable bonds is 3. The number of carbonyl (C=O) groups excluding carboxylic acids is 1. The van der Waals surface area contributed by atoms with E-state index in [4.69, 9.17) is 23.2 Å². The van der Waals surface area contributed by atoms with E-state index in [2.05, 4.69) is 0 Å². The highest BCUT2D eigenvalue weighted by molar-refractivity contribution is 6.40. The summed E-state index contributed by atoms with van der Waals surface area (Å²) in [6.45, 7) is 5.50. The number of hydrogen-bond donors (Lipinski definition) is 0. The van der Waals surface area contributed by atoms with Crippen LogP contribution in [-0.2, 0) is 4.79 Å². The van der Waals surface area contributed by atoms with Gasteiger partial charge in [0.2, 0.25) is 0 Å². The lowest BCUT2D eigenvalue weighted by Crippen LogP contribution is -2.35. The zero-order valence-electron chi connectivity index (χ0n) is 6.45. The van der Waals surface area contributed by atoms with E-state index in [0.717, 1.165) is 0 Å². The van der Waals surface area contributed by atoms with Gasteiger partial charge in [-0.05, 0) is 12.8 Å². The maximum absolute atomic E-state index is 11.0. The van der Waals surface area contributed by atoms with Crippen molar-refractivity contribution in [3.8, 4) is 0 Å². The van der Waals surface area contributed by atoms with Crippen LogP contribution in [0.3, 0.4) is 0 Å². The number of carbonyl (C=O) groups is 1. The van der Waals surface area contributed by atoms with Crippen LogP contribution in [0.1, 0.15) is 20.8 Å². The number of alkyl halides is 2. The molecule has 1 atom stereocenters. The standard InChI is InChI=1S/C7H12Cl2O/c1-5(2)7(3,9)6(10)4-8/h5H,4H2,1-3H3. The Morgan fingerprint density at radius 3 is 2.10 bits per heavy atom. The molecule has 0 spiro atoms. The molecule has 0 fully saturated rings. The summed E-state index contributed by atoms with van der Waals surface area (Å²) in [6.07, 6.45) is 0. The summed E-state index contributed by atoms with van der Waals surface area (Å²) < 4.78 is 0. The second kappa shape index (κ2) is 3.59. The molecule has 0 aliphatic carbocycles. The van der Waals surface area contributed by atoms with Gasteiger partial charge < -0.3 is 0 Å². The quantitative estimate of drug-likeness (QED) is 0.614. The maximum Gasteiger partial charge on any atom is 0.168 e. The van der Waals surface area contributed by atoms with Crippen molar-refractivity contribution in [1.29, 1.82) is 0 Å². The fraction of sp³-hybridized carbons (Fsp3) is 0.857. The summed E-state index contributed by atoms with van der Waals surface area (Å²) in [5.74, 6) is 0.0179. The van der Waals surface area contributed by atoms with Gasteiger partial charge in [-0.1, -0.05) is 13.8 Å². The minimum Gasteiger partial charge on any atom is -0.296 e. The molecular weight excluding hydrogens is 171 g/mol. The van der Waals surface area contributed by atoms with Gasteiger partial charge >= 0.3 is 0 Å². The van der Waals surface area contributed by atoms with Crippen molar-refractivity contribution in [2.24, 2.45) is 5.92 Å². The number of Topliss-reactive ketones (excluding diaryl/α,β-unsaturated/α-hetero) is 1. The third-order valence-electron chi connectivity index (χ3n) is 1.75. The molecule has 0 radical (unpaired) electrons. The van der Waals surface area contributed by atoms with Crippen molar-refractivity contribution in [3.63, 3.8) is 0 Å². The topological polar surface area (TPSA) is 17.1 Å². The van der Waals surface area contributed by atoms with Crippen LogP contribution < -0.4 is 0 Å². The van der Waals surface area contributed by atoms with Crippen LogP contribution >= 0.6 is 23.2 Å². The predicted molar refractivity (Wildman–Crippen MR) is 44.8 cm³/mol. The third-order valence-corrected chi connectivity index (χ3v) is 2.64. The van der Waals surface area contributed by atoms with E-state index in [0.29, 0.717) is 0 Å². The van der Waals surface area contributed by atoms with Crippen molar-refractivity contribution < 1.29 is 4.79 Å². The molecule has 3 heteroatoms. The zero-order valence-corrected chi connectivity index (χ0v) is 7.96. The maximum atomic E-state index is 11.0. The van der Waals surface area contributed by atoms with E-state index in [1.165, 1.54) is 0 Å². The average Bonchev–Trinajstić information content (AvgIpc) is 1.86. The van der Waals surface area contributed by atoms with E-state index in [-0.39, 0.29) is 17.6 Å². The fourth-order valence-corrected chi connectivity index (χ4v) is 0.865. The van der Waals surface area contributed by atoms with Crippen molar-refractivity contribution in [2.45, 2.75) is 25.6 Å². The van der Waals surface area contributed by atoms with E-state index in [9.17, 15) is 4.79 Å². The van der Waals surface area contributed by atoms with Crippen molar-refractivity contribution in [3.05, 3.63) is 0 Å². The van der Waals surface area contributed by atoms with Crippen LogP contribution in [-0.4, -0.2) is 16.5 Å². The summed E-state index contributed by atoms with van der Waals surface area (Å²) in [6, 6.07) is 0. The third kappa shape index (κ3) is 2.14. The molecule has 0 N–H and O–H groups in total. The number of halogens is 2. The Hall–Kier alpha value is 0.250. The first-order valence-electron chi connectivity index (χ1n) is 3.21. The van der Waals surface area contributed by atoms with Gasteiger partial charge in [-0.25, -0.2) is 0 Å². The van der Waals surface area contributed by atoms with Gasteiger partial charge in [-0.15, -0.1) is 23.2 Å². The molecule has 0 rings (SSSR count). The van der Waals surface area contributed by atoms with Crippen LogP contribution in [0.15, 0.2) is 0 Å². The Labute approximate surface area is 71.7 Å². The lowest BCUT2D eigenvalue weighted by atomic mass is 9.93. The highest BCUT2D eigenvalue weighted by Crippen LogP contribution is 2.25. The zero-order chi connectivity index (χ0) is 8.36. The summed E-state index contributed by atoms with van der Waals surface area (Å²) in [5, 5.41) is 0. The Kier molecular flexibility index (Phi) is 3.68. The molecule has 0 aliphatic heterocycles. The molecule has 0 aliphatic rings. The predicted octanol–water partition coefficient (Wildman–Crippen LogP) is 2.45. The van der Waals surface area contributed by atoms with Gasteiger partial charge in [-0.2, -0.15) is 0 Å². The first-order chi connectivity index (χ1) is 4.42. The lowest BCUT2D eigenvalue weighted by molar-refractivity contribution is -0.119. The van der Waals surface area contributed by atoms with Crippen molar-refractivity contribution in [1.82, 2.24) is 0 Å². The molecule has 1 nitrogen and oxygen atoms in total. The second-order valence-corrected chi connectivity index (χ2v) is 3.84. The first kappa shape index (κ1) is 10.2.